The number of halogens is 1. The molecule has 4 aromatic rings. The van der Waals surface area contributed by atoms with Gasteiger partial charge in [-0.3, -0.25) is 9.36 Å². The van der Waals surface area contributed by atoms with Gasteiger partial charge in [0.05, 0.1) is 12.4 Å². The van der Waals surface area contributed by atoms with Crippen molar-refractivity contribution in [3.63, 3.8) is 0 Å². The molecule has 0 spiro atoms. The Hall–Kier alpha value is -3.29. The van der Waals surface area contributed by atoms with Crippen LogP contribution in [0.4, 0.5) is 5.69 Å². The number of hydrogen-bond acceptors (Lipinski definition) is 5. The lowest BCUT2D eigenvalue weighted by molar-refractivity contribution is -0.113. The minimum absolute atomic E-state index is 0.145. The highest BCUT2D eigenvalue weighted by Crippen LogP contribution is 2.29. The van der Waals surface area contributed by atoms with Crippen molar-refractivity contribution in [1.82, 2.24) is 14.8 Å². The average molecular weight is 479 g/mol. The van der Waals surface area contributed by atoms with E-state index >= 15 is 0 Å². The fourth-order valence-corrected chi connectivity index (χ4v) is 4.21. The van der Waals surface area contributed by atoms with Gasteiger partial charge in [0.25, 0.3) is 0 Å². The normalized spacial score (nSPS) is 10.8. The maximum Gasteiger partial charge on any atom is 0.234 e. The number of amides is 1. The zero-order valence-corrected chi connectivity index (χ0v) is 19.9. The number of rotatable bonds is 8. The number of nitrogens with zero attached hydrogens (tertiary/aromatic N) is 3. The number of thioether (sulfide) groups is 1. The summed E-state index contributed by atoms with van der Waals surface area (Å²) in [5, 5.41) is 13.0. The van der Waals surface area contributed by atoms with Crippen molar-refractivity contribution < 1.29 is 9.53 Å². The van der Waals surface area contributed by atoms with Crippen LogP contribution in [-0.4, -0.2) is 33.0 Å². The summed E-state index contributed by atoms with van der Waals surface area (Å²) in [5.74, 6) is 1.53. The lowest BCUT2D eigenvalue weighted by atomic mass is 10.2. The summed E-state index contributed by atoms with van der Waals surface area (Å²) in [6.45, 7) is 4.43. The lowest BCUT2D eigenvalue weighted by Crippen LogP contribution is -2.15. The van der Waals surface area contributed by atoms with Crippen molar-refractivity contribution in [3.8, 4) is 22.8 Å². The van der Waals surface area contributed by atoms with Crippen LogP contribution in [0.3, 0.4) is 0 Å². The van der Waals surface area contributed by atoms with Crippen LogP contribution >= 0.6 is 23.4 Å². The molecule has 0 radical (unpaired) electrons. The van der Waals surface area contributed by atoms with E-state index in [0.717, 1.165) is 22.6 Å². The van der Waals surface area contributed by atoms with E-state index in [2.05, 4.69) is 15.5 Å². The van der Waals surface area contributed by atoms with Gasteiger partial charge in [-0.2, -0.15) is 0 Å². The van der Waals surface area contributed by atoms with Gasteiger partial charge in [-0.25, -0.2) is 0 Å². The van der Waals surface area contributed by atoms with Crippen LogP contribution in [-0.2, 0) is 4.79 Å². The lowest BCUT2D eigenvalue weighted by Gasteiger charge is -2.12. The van der Waals surface area contributed by atoms with Gasteiger partial charge in [-0.15, -0.1) is 10.2 Å². The number of benzene rings is 3. The topological polar surface area (TPSA) is 69.0 Å². The number of hydrogen-bond donors (Lipinski definition) is 1. The number of anilines is 1. The Bertz CT molecular complexity index is 1240. The van der Waals surface area contributed by atoms with Crippen molar-refractivity contribution >= 4 is 35.0 Å². The van der Waals surface area contributed by atoms with Crippen molar-refractivity contribution in [2.75, 3.05) is 17.7 Å². The molecule has 0 atom stereocenters. The van der Waals surface area contributed by atoms with Crippen molar-refractivity contribution in [1.29, 1.82) is 0 Å². The summed E-state index contributed by atoms with van der Waals surface area (Å²) in [5.41, 5.74) is 3.35. The number of aromatic nitrogens is 3. The molecule has 0 aliphatic rings. The van der Waals surface area contributed by atoms with E-state index in [0.29, 0.717) is 28.3 Å². The van der Waals surface area contributed by atoms with Gasteiger partial charge in [0.15, 0.2) is 11.0 Å². The van der Waals surface area contributed by atoms with Gasteiger partial charge in [0.1, 0.15) is 5.75 Å². The van der Waals surface area contributed by atoms with Gasteiger partial charge >= 0.3 is 0 Å². The second-order valence-electron chi connectivity index (χ2n) is 7.18. The molecule has 4 rings (SSSR count). The highest BCUT2D eigenvalue weighted by Gasteiger charge is 2.18. The summed E-state index contributed by atoms with van der Waals surface area (Å²) in [7, 11) is 0. The number of nitrogens with one attached hydrogen (secondary N) is 1. The Balaban J connectivity index is 1.59. The molecular formula is C25H23ClN4O2S. The quantitative estimate of drug-likeness (QED) is 0.313. The zero-order chi connectivity index (χ0) is 23.2. The Morgan fingerprint density at radius 1 is 1.03 bits per heavy atom. The minimum atomic E-state index is -0.145. The maximum absolute atomic E-state index is 12.6. The fraction of sp³-hybridized carbons (Fsp3) is 0.160. The summed E-state index contributed by atoms with van der Waals surface area (Å²) < 4.78 is 7.52. The van der Waals surface area contributed by atoms with Gasteiger partial charge in [-0.05, 0) is 55.8 Å². The largest absolute Gasteiger partial charge is 0.494 e. The molecule has 0 saturated carbocycles. The standard InChI is InChI=1S/C25H23ClN4O2S/c1-3-32-20-14-12-19(13-15-20)30-24(18-8-5-4-6-9-18)28-29-25(30)33-16-23(31)27-22-11-7-10-21(26)17(22)2/h4-15H,3,16H2,1-2H3,(H,27,31). The molecule has 1 amide bonds. The average Bonchev–Trinajstić information content (AvgIpc) is 3.26. The summed E-state index contributed by atoms with van der Waals surface area (Å²) in [6, 6.07) is 23.0. The Kier molecular flexibility index (Phi) is 7.32. The number of carbonyl (C=O) groups excluding carboxylic acids is 1. The van der Waals surface area contributed by atoms with E-state index in [1.807, 2.05) is 85.1 Å². The van der Waals surface area contributed by atoms with E-state index < -0.39 is 0 Å². The third-order valence-corrected chi connectivity index (χ3v) is 6.28. The second-order valence-corrected chi connectivity index (χ2v) is 8.53. The molecule has 0 fully saturated rings. The summed E-state index contributed by atoms with van der Waals surface area (Å²) in [6.07, 6.45) is 0. The first kappa shape index (κ1) is 22.9. The van der Waals surface area contributed by atoms with Gasteiger partial charge in [0.2, 0.25) is 5.91 Å². The molecule has 1 heterocycles. The molecule has 1 aromatic heterocycles. The molecule has 0 bridgehead atoms. The predicted molar refractivity (Wildman–Crippen MR) is 134 cm³/mol. The van der Waals surface area contributed by atoms with Crippen LogP contribution in [0, 0.1) is 6.92 Å². The highest BCUT2D eigenvalue weighted by molar-refractivity contribution is 7.99. The van der Waals surface area contributed by atoms with Crippen molar-refractivity contribution in [2.24, 2.45) is 0 Å². The number of carbonyl (C=O) groups is 1. The predicted octanol–water partition coefficient (Wildman–Crippen LogP) is 6.03. The van der Waals surface area contributed by atoms with Crippen LogP contribution in [0.2, 0.25) is 5.02 Å². The van der Waals surface area contributed by atoms with Crippen molar-refractivity contribution in [3.05, 3.63) is 83.4 Å². The van der Waals surface area contributed by atoms with Crippen molar-refractivity contribution in [2.45, 2.75) is 19.0 Å². The van der Waals surface area contributed by atoms with E-state index in [1.165, 1.54) is 11.8 Å². The first-order chi connectivity index (χ1) is 16.1. The molecule has 0 aliphatic carbocycles. The van der Waals surface area contributed by atoms with Gasteiger partial charge in [-0.1, -0.05) is 59.8 Å². The van der Waals surface area contributed by atoms with E-state index in [9.17, 15) is 4.79 Å². The van der Waals surface area contributed by atoms with Crippen LogP contribution in [0.5, 0.6) is 5.75 Å². The molecule has 8 heteroatoms. The molecule has 1 N–H and O–H groups in total. The third kappa shape index (κ3) is 5.38. The SMILES string of the molecule is CCOc1ccc(-n2c(SCC(=O)Nc3cccc(Cl)c3C)nnc2-c2ccccc2)cc1. The fourth-order valence-electron chi connectivity index (χ4n) is 3.29. The molecule has 0 aliphatic heterocycles. The summed E-state index contributed by atoms with van der Waals surface area (Å²) >= 11 is 7.49. The van der Waals surface area contributed by atoms with Gasteiger partial charge < -0.3 is 10.1 Å². The molecule has 33 heavy (non-hydrogen) atoms. The minimum Gasteiger partial charge on any atom is -0.494 e. The molecule has 6 nitrogen and oxygen atoms in total. The second kappa shape index (κ2) is 10.6. The van der Waals surface area contributed by atoms with E-state index in [1.54, 1.807) is 6.07 Å². The maximum atomic E-state index is 12.6. The first-order valence-corrected chi connectivity index (χ1v) is 11.8. The van der Waals surface area contributed by atoms with E-state index in [-0.39, 0.29) is 11.7 Å². The van der Waals surface area contributed by atoms with E-state index in [4.69, 9.17) is 16.3 Å². The molecule has 168 valence electrons. The summed E-state index contributed by atoms with van der Waals surface area (Å²) in [4.78, 5) is 12.6. The van der Waals surface area contributed by atoms with Crippen LogP contribution in [0.1, 0.15) is 12.5 Å². The molecule has 0 unspecified atom stereocenters. The molecular weight excluding hydrogens is 456 g/mol. The molecule has 0 saturated heterocycles. The Labute approximate surface area is 202 Å². The van der Waals surface area contributed by atoms with Crippen LogP contribution < -0.4 is 10.1 Å². The van der Waals surface area contributed by atoms with Gasteiger partial charge in [0, 0.05) is 22.0 Å². The molecule has 3 aromatic carbocycles. The Morgan fingerprint density at radius 3 is 2.52 bits per heavy atom. The smallest absolute Gasteiger partial charge is 0.234 e. The number of ether oxygens (including phenoxy) is 1. The zero-order valence-electron chi connectivity index (χ0n) is 18.3. The first-order valence-electron chi connectivity index (χ1n) is 10.5. The monoisotopic (exact) mass is 478 g/mol. The van der Waals surface area contributed by atoms with Crippen LogP contribution in [0.15, 0.2) is 78.0 Å². The Morgan fingerprint density at radius 2 is 1.79 bits per heavy atom. The van der Waals surface area contributed by atoms with Crippen LogP contribution in [0.25, 0.3) is 17.1 Å². The highest BCUT2D eigenvalue weighted by atomic mass is 35.5. The third-order valence-electron chi connectivity index (χ3n) is 4.95.